The summed E-state index contributed by atoms with van der Waals surface area (Å²) in [7, 11) is -1.16. The van der Waals surface area contributed by atoms with E-state index >= 15 is 0 Å². The third-order valence-corrected chi connectivity index (χ3v) is 6.33. The van der Waals surface area contributed by atoms with Gasteiger partial charge in [0.2, 0.25) is 0 Å². The molecule has 1 amide bonds. The first-order valence-electron chi connectivity index (χ1n) is 9.28. The van der Waals surface area contributed by atoms with Gasteiger partial charge in [-0.05, 0) is 74.2 Å². The smallest absolute Gasteiger partial charge is 0.264 e. The van der Waals surface area contributed by atoms with Crippen molar-refractivity contribution in [3.8, 4) is 5.75 Å². The average Bonchev–Trinajstić information content (AvgIpc) is 2.70. The molecule has 0 aromatic heterocycles. The van der Waals surface area contributed by atoms with Crippen LogP contribution in [0.4, 0.5) is 0 Å². The number of hydrogen-bond donors (Lipinski definition) is 1. The largest absolute Gasteiger partial charge is 0.493 e. The predicted octanol–water partition coefficient (Wildman–Crippen LogP) is 2.99. The van der Waals surface area contributed by atoms with Crippen molar-refractivity contribution in [1.29, 1.82) is 0 Å². The highest BCUT2D eigenvalue weighted by molar-refractivity contribution is 7.89. The summed E-state index contributed by atoms with van der Waals surface area (Å²) in [6.45, 7) is 7.06. The molecule has 0 unspecified atom stereocenters. The lowest BCUT2D eigenvalue weighted by Gasteiger charge is -2.14. The highest BCUT2D eigenvalue weighted by atomic mass is 32.2. The fourth-order valence-electron chi connectivity index (χ4n) is 2.73. The molecule has 2 rings (SSSR count). The fraction of sp³-hybridized carbons (Fsp3) is 0.381. The Labute approximate surface area is 172 Å². The molecule has 0 fully saturated rings. The molecule has 7 nitrogen and oxygen atoms in total. The Kier molecular flexibility index (Phi) is 7.78. The first kappa shape index (κ1) is 22.9. The third kappa shape index (κ3) is 5.79. The number of sulfonamides is 1. The maximum Gasteiger partial charge on any atom is 0.264 e. The number of carbonyl (C=O) groups excluding carboxylic acids is 1. The fourth-order valence-corrected chi connectivity index (χ4v) is 3.71. The van der Waals surface area contributed by atoms with Crippen molar-refractivity contribution in [2.45, 2.75) is 32.1 Å². The molecule has 0 aliphatic rings. The quantitative estimate of drug-likeness (QED) is 0.498. The normalized spacial score (nSPS) is 11.5. The van der Waals surface area contributed by atoms with Crippen LogP contribution in [0.5, 0.6) is 5.75 Å². The van der Waals surface area contributed by atoms with Crippen LogP contribution < -0.4 is 10.1 Å². The van der Waals surface area contributed by atoms with E-state index in [1.54, 1.807) is 0 Å². The summed E-state index contributed by atoms with van der Waals surface area (Å²) in [6.07, 6.45) is 0.656. The molecule has 8 heteroatoms. The number of hydrogen-bond acceptors (Lipinski definition) is 5. The average molecular weight is 421 g/mol. The molecule has 1 N–H and O–H groups in total. The molecule has 0 aliphatic heterocycles. The van der Waals surface area contributed by atoms with Gasteiger partial charge in [-0.1, -0.05) is 10.5 Å². The minimum atomic E-state index is -3.73. The highest BCUT2D eigenvalue weighted by Gasteiger charge is 2.20. The molecule has 0 saturated carbocycles. The first-order valence-corrected chi connectivity index (χ1v) is 10.7. The van der Waals surface area contributed by atoms with E-state index in [0.717, 1.165) is 21.3 Å². The Hall–Kier alpha value is -2.42. The number of aryl methyl sites for hydroxylation is 2. The summed E-state index contributed by atoms with van der Waals surface area (Å²) in [4.78, 5) is 17.0. The standard InChI is InChI=1S/C21H28N2O5S/c1-15-13-16(2)17(3)20(14-15)28-12-6-11-22-21(24)18-7-9-19(10-8-18)29(25,26)23(4)27-5/h7-10,13-14H,6,11-12H2,1-5H3,(H,22,24). The predicted molar refractivity (Wildman–Crippen MR) is 111 cm³/mol. The van der Waals surface area contributed by atoms with Crippen LogP contribution in [0.25, 0.3) is 0 Å². The first-order chi connectivity index (χ1) is 13.7. The summed E-state index contributed by atoms with van der Waals surface area (Å²) in [5.74, 6) is 0.600. The van der Waals surface area contributed by atoms with E-state index < -0.39 is 10.0 Å². The van der Waals surface area contributed by atoms with E-state index in [1.807, 2.05) is 19.9 Å². The maximum atomic E-state index is 12.2. The zero-order chi connectivity index (χ0) is 21.6. The number of ether oxygens (including phenoxy) is 1. The van der Waals surface area contributed by atoms with Gasteiger partial charge in [0.25, 0.3) is 15.9 Å². The van der Waals surface area contributed by atoms with Crippen LogP contribution in [0, 0.1) is 20.8 Å². The van der Waals surface area contributed by atoms with Gasteiger partial charge in [-0.25, -0.2) is 8.42 Å². The van der Waals surface area contributed by atoms with Gasteiger partial charge in [0.15, 0.2) is 0 Å². The lowest BCUT2D eigenvalue weighted by Crippen LogP contribution is -2.27. The molecular formula is C21H28N2O5S. The molecule has 2 aromatic carbocycles. The molecule has 0 heterocycles. The van der Waals surface area contributed by atoms with E-state index in [-0.39, 0.29) is 10.8 Å². The SMILES string of the molecule is CON(C)S(=O)(=O)c1ccc(C(=O)NCCCOc2cc(C)cc(C)c2C)cc1. The molecule has 0 spiro atoms. The zero-order valence-corrected chi connectivity index (χ0v) is 18.3. The van der Waals surface area contributed by atoms with Crippen molar-refractivity contribution in [3.63, 3.8) is 0 Å². The number of nitrogens with one attached hydrogen (secondary N) is 1. The Bertz CT molecular complexity index is 956. The number of rotatable bonds is 9. The molecule has 0 bridgehead atoms. The summed E-state index contributed by atoms with van der Waals surface area (Å²) in [5, 5.41) is 2.81. The van der Waals surface area contributed by atoms with Gasteiger partial charge in [0.05, 0.1) is 18.6 Å². The topological polar surface area (TPSA) is 84.9 Å². The van der Waals surface area contributed by atoms with E-state index in [9.17, 15) is 13.2 Å². The van der Waals surface area contributed by atoms with Crippen molar-refractivity contribution >= 4 is 15.9 Å². The second kappa shape index (κ2) is 9.87. The molecule has 0 aliphatic carbocycles. The van der Waals surface area contributed by atoms with Crippen molar-refractivity contribution in [2.75, 3.05) is 27.3 Å². The van der Waals surface area contributed by atoms with E-state index in [1.165, 1.54) is 44.0 Å². The number of carbonyl (C=O) groups is 1. The lowest BCUT2D eigenvalue weighted by atomic mass is 10.1. The van der Waals surface area contributed by atoms with Crippen LogP contribution in [-0.2, 0) is 14.9 Å². The van der Waals surface area contributed by atoms with Crippen LogP contribution >= 0.6 is 0 Å². The van der Waals surface area contributed by atoms with Crippen molar-refractivity contribution in [2.24, 2.45) is 0 Å². The second-order valence-corrected chi connectivity index (χ2v) is 8.72. The van der Waals surface area contributed by atoms with Crippen molar-refractivity contribution in [1.82, 2.24) is 9.79 Å². The van der Waals surface area contributed by atoms with Crippen LogP contribution in [0.1, 0.15) is 33.5 Å². The van der Waals surface area contributed by atoms with Gasteiger partial charge < -0.3 is 10.1 Å². The van der Waals surface area contributed by atoms with Crippen LogP contribution in [0.3, 0.4) is 0 Å². The summed E-state index contributed by atoms with van der Waals surface area (Å²) in [5.41, 5.74) is 3.85. The number of amides is 1. The van der Waals surface area contributed by atoms with Gasteiger partial charge >= 0.3 is 0 Å². The van der Waals surface area contributed by atoms with Crippen molar-refractivity contribution in [3.05, 3.63) is 58.7 Å². The molecule has 0 radical (unpaired) electrons. The van der Waals surface area contributed by atoms with Gasteiger partial charge in [0, 0.05) is 19.2 Å². The Morgan fingerprint density at radius 2 is 1.76 bits per heavy atom. The molecule has 2 aromatic rings. The minimum Gasteiger partial charge on any atom is -0.493 e. The maximum absolute atomic E-state index is 12.2. The van der Waals surface area contributed by atoms with Crippen LogP contribution in [0.15, 0.2) is 41.3 Å². The lowest BCUT2D eigenvalue weighted by molar-refractivity contribution is -0.0258. The highest BCUT2D eigenvalue weighted by Crippen LogP contribution is 2.23. The summed E-state index contributed by atoms with van der Waals surface area (Å²) >= 11 is 0. The van der Waals surface area contributed by atoms with Gasteiger partial charge in [-0.3, -0.25) is 9.63 Å². The molecular weight excluding hydrogens is 392 g/mol. The van der Waals surface area contributed by atoms with Crippen molar-refractivity contribution < 1.29 is 22.8 Å². The third-order valence-electron chi connectivity index (χ3n) is 4.64. The van der Waals surface area contributed by atoms with Gasteiger partial charge in [-0.15, -0.1) is 0 Å². The summed E-state index contributed by atoms with van der Waals surface area (Å²) < 4.78 is 30.9. The summed E-state index contributed by atoms with van der Waals surface area (Å²) in [6, 6.07) is 9.84. The number of benzene rings is 2. The van der Waals surface area contributed by atoms with Gasteiger partial charge in [-0.2, -0.15) is 0 Å². The van der Waals surface area contributed by atoms with E-state index in [4.69, 9.17) is 9.57 Å². The Balaban J connectivity index is 1.84. The molecule has 158 valence electrons. The van der Waals surface area contributed by atoms with Crippen LogP contribution in [0.2, 0.25) is 0 Å². The minimum absolute atomic E-state index is 0.0515. The van der Waals surface area contributed by atoms with E-state index in [0.29, 0.717) is 25.1 Å². The number of hydroxylamine groups is 1. The molecule has 0 atom stereocenters. The molecule has 0 saturated heterocycles. The van der Waals surface area contributed by atoms with Crippen LogP contribution in [-0.4, -0.2) is 46.1 Å². The Morgan fingerprint density at radius 3 is 2.38 bits per heavy atom. The zero-order valence-electron chi connectivity index (χ0n) is 17.5. The number of nitrogens with zero attached hydrogens (tertiary/aromatic N) is 1. The van der Waals surface area contributed by atoms with Gasteiger partial charge in [0.1, 0.15) is 5.75 Å². The monoisotopic (exact) mass is 420 g/mol. The Morgan fingerprint density at radius 1 is 1.10 bits per heavy atom. The second-order valence-electron chi connectivity index (χ2n) is 6.78. The molecule has 29 heavy (non-hydrogen) atoms. The van der Waals surface area contributed by atoms with E-state index in [2.05, 4.69) is 18.3 Å².